The van der Waals surface area contributed by atoms with Gasteiger partial charge in [-0.05, 0) is 42.7 Å². The van der Waals surface area contributed by atoms with Gasteiger partial charge in [0, 0.05) is 44.0 Å². The minimum absolute atomic E-state index is 0.0601. The maximum atomic E-state index is 13.2. The van der Waals surface area contributed by atoms with Crippen molar-refractivity contribution in [3.05, 3.63) is 59.9 Å². The number of carbonyl (C=O) groups excluding carboxylic acids is 1. The van der Waals surface area contributed by atoms with Crippen molar-refractivity contribution in [2.24, 2.45) is 11.0 Å². The molecule has 0 saturated carbocycles. The Morgan fingerprint density at radius 2 is 2.03 bits per heavy atom. The highest BCUT2D eigenvalue weighted by Crippen LogP contribution is 2.32. The van der Waals surface area contributed by atoms with Crippen LogP contribution in [0.25, 0.3) is 5.65 Å². The van der Waals surface area contributed by atoms with Crippen LogP contribution in [0, 0.1) is 17.2 Å². The Morgan fingerprint density at radius 3 is 2.87 bits per heavy atom. The number of rotatable bonds is 3. The van der Waals surface area contributed by atoms with E-state index in [4.69, 9.17) is 0 Å². The molecule has 1 aromatic carbocycles. The zero-order chi connectivity index (χ0) is 20.5. The molecule has 0 N–H and O–H groups in total. The minimum atomic E-state index is -0.130. The Morgan fingerprint density at radius 1 is 1.17 bits per heavy atom. The number of hydrogen-bond donors (Lipinski definition) is 0. The molecule has 3 aromatic rings. The van der Waals surface area contributed by atoms with Crippen molar-refractivity contribution in [3.8, 4) is 6.07 Å². The lowest BCUT2D eigenvalue weighted by atomic mass is 9.94. The van der Waals surface area contributed by atoms with Gasteiger partial charge in [-0.15, -0.1) is 5.10 Å². The van der Waals surface area contributed by atoms with Crippen LogP contribution in [-0.2, 0) is 4.79 Å². The Labute approximate surface area is 174 Å². The molecule has 8 nitrogen and oxygen atoms in total. The molecular formula is C22H21N7O. The van der Waals surface area contributed by atoms with Gasteiger partial charge < -0.3 is 4.90 Å². The summed E-state index contributed by atoms with van der Waals surface area (Å²) in [5, 5.41) is 19.8. The summed E-state index contributed by atoms with van der Waals surface area (Å²) in [5.41, 5.74) is 2.37. The van der Waals surface area contributed by atoms with Crippen LogP contribution in [-0.4, -0.2) is 44.8 Å². The van der Waals surface area contributed by atoms with Crippen LogP contribution in [0.1, 0.15) is 36.4 Å². The molecule has 8 heteroatoms. The van der Waals surface area contributed by atoms with E-state index >= 15 is 0 Å². The summed E-state index contributed by atoms with van der Waals surface area (Å²) in [6.45, 7) is 1.55. The zero-order valence-corrected chi connectivity index (χ0v) is 16.4. The maximum Gasteiger partial charge on any atom is 0.246 e. The number of imidazole rings is 1. The van der Waals surface area contributed by atoms with Crippen molar-refractivity contribution in [2.75, 3.05) is 18.0 Å². The third-order valence-corrected chi connectivity index (χ3v) is 5.87. The number of benzene rings is 1. The minimum Gasteiger partial charge on any atom is -0.355 e. The van der Waals surface area contributed by atoms with Crippen molar-refractivity contribution in [1.82, 2.24) is 19.6 Å². The van der Waals surface area contributed by atoms with E-state index in [9.17, 15) is 10.1 Å². The third kappa shape index (κ3) is 3.28. The van der Waals surface area contributed by atoms with Gasteiger partial charge in [-0.2, -0.15) is 10.4 Å². The first kappa shape index (κ1) is 18.3. The second-order valence-electron chi connectivity index (χ2n) is 7.65. The van der Waals surface area contributed by atoms with Gasteiger partial charge in [0.2, 0.25) is 5.91 Å². The molecule has 1 saturated heterocycles. The second-order valence-corrected chi connectivity index (χ2v) is 7.65. The molecule has 2 aliphatic rings. The smallest absolute Gasteiger partial charge is 0.246 e. The van der Waals surface area contributed by atoms with Crippen LogP contribution in [0.4, 0.5) is 5.82 Å². The fraction of sp³-hybridized carbons (Fsp3) is 0.318. The van der Waals surface area contributed by atoms with Crippen molar-refractivity contribution < 1.29 is 4.79 Å². The molecule has 4 heterocycles. The van der Waals surface area contributed by atoms with Gasteiger partial charge >= 0.3 is 0 Å². The summed E-state index contributed by atoms with van der Waals surface area (Å²) in [6, 6.07) is 13.4. The average molecular weight is 399 g/mol. The van der Waals surface area contributed by atoms with E-state index in [1.807, 2.05) is 36.5 Å². The number of hydrazone groups is 1. The summed E-state index contributed by atoms with van der Waals surface area (Å²) in [7, 11) is 0. The van der Waals surface area contributed by atoms with Gasteiger partial charge in [0.05, 0.1) is 17.7 Å². The molecule has 1 atom stereocenters. The molecule has 2 aliphatic heterocycles. The number of fused-ring (bicyclic) bond motifs is 1. The highest BCUT2D eigenvalue weighted by Gasteiger charge is 2.35. The van der Waals surface area contributed by atoms with Gasteiger partial charge in [-0.3, -0.25) is 4.79 Å². The van der Waals surface area contributed by atoms with Gasteiger partial charge in [0.1, 0.15) is 5.82 Å². The summed E-state index contributed by atoms with van der Waals surface area (Å²) >= 11 is 0. The normalized spacial score (nSPS) is 19.4. The van der Waals surface area contributed by atoms with E-state index in [1.54, 1.807) is 28.0 Å². The molecular weight excluding hydrogens is 378 g/mol. The Hall–Kier alpha value is -3.73. The van der Waals surface area contributed by atoms with Crippen LogP contribution in [0.5, 0.6) is 0 Å². The number of amides is 1. The first-order chi connectivity index (χ1) is 14.7. The maximum absolute atomic E-state index is 13.2. The van der Waals surface area contributed by atoms with E-state index in [0.29, 0.717) is 12.0 Å². The molecule has 0 radical (unpaired) electrons. The van der Waals surface area contributed by atoms with E-state index in [1.165, 1.54) is 0 Å². The molecule has 0 bridgehead atoms. The number of nitriles is 1. The number of carbonyl (C=O) groups is 1. The van der Waals surface area contributed by atoms with Crippen molar-refractivity contribution in [2.45, 2.75) is 25.3 Å². The van der Waals surface area contributed by atoms with Crippen LogP contribution >= 0.6 is 0 Å². The number of hydrogen-bond acceptors (Lipinski definition) is 6. The summed E-state index contributed by atoms with van der Waals surface area (Å²) in [4.78, 5) is 19.7. The molecule has 1 amide bonds. The third-order valence-electron chi connectivity index (χ3n) is 5.87. The highest BCUT2D eigenvalue weighted by atomic mass is 16.2. The standard InChI is InChI=1S/C22H21N7O/c23-15-16-2-1-3-18(14-16)19-6-9-25-29(19)22(30)17-7-11-27(12-8-17)21-5-4-20-24-10-13-28(20)26-21/h1-5,9-10,13-14,17,19H,6-8,11-12H2. The van der Waals surface area contributed by atoms with Gasteiger partial charge in [-0.1, -0.05) is 12.1 Å². The number of piperidine rings is 1. The SMILES string of the molecule is N#Cc1cccc(C2CC=NN2C(=O)C2CCN(c3ccc4nccn4n3)CC2)c1. The topological polar surface area (TPSA) is 89.9 Å². The first-order valence-electron chi connectivity index (χ1n) is 10.1. The molecule has 0 spiro atoms. The molecule has 1 unspecified atom stereocenters. The van der Waals surface area contributed by atoms with Crippen molar-refractivity contribution in [1.29, 1.82) is 5.26 Å². The van der Waals surface area contributed by atoms with Crippen LogP contribution < -0.4 is 4.90 Å². The van der Waals surface area contributed by atoms with Crippen LogP contribution in [0.3, 0.4) is 0 Å². The fourth-order valence-electron chi connectivity index (χ4n) is 4.23. The number of anilines is 1. The summed E-state index contributed by atoms with van der Waals surface area (Å²) < 4.78 is 1.77. The predicted octanol–water partition coefficient (Wildman–Crippen LogP) is 2.78. The summed E-state index contributed by atoms with van der Waals surface area (Å²) in [6.07, 6.45) is 7.56. The van der Waals surface area contributed by atoms with Gasteiger partial charge in [0.25, 0.3) is 0 Å². The fourth-order valence-corrected chi connectivity index (χ4v) is 4.23. The average Bonchev–Trinajstić information content (AvgIpc) is 3.48. The molecule has 5 rings (SSSR count). The monoisotopic (exact) mass is 399 g/mol. The highest BCUT2D eigenvalue weighted by molar-refractivity contribution is 5.82. The Kier molecular flexibility index (Phi) is 4.64. The first-order valence-corrected chi connectivity index (χ1v) is 10.1. The largest absolute Gasteiger partial charge is 0.355 e. The lowest BCUT2D eigenvalue weighted by Gasteiger charge is -2.34. The lowest BCUT2D eigenvalue weighted by Crippen LogP contribution is -2.41. The lowest BCUT2D eigenvalue weighted by molar-refractivity contribution is -0.138. The van der Waals surface area contributed by atoms with E-state index in [0.717, 1.165) is 43.0 Å². The molecule has 2 aromatic heterocycles. The molecule has 0 aliphatic carbocycles. The molecule has 1 fully saturated rings. The van der Waals surface area contributed by atoms with Gasteiger partial charge in [-0.25, -0.2) is 14.5 Å². The second kappa shape index (κ2) is 7.59. The van der Waals surface area contributed by atoms with Crippen LogP contribution in [0.15, 0.2) is 53.9 Å². The Bertz CT molecular complexity index is 1150. The van der Waals surface area contributed by atoms with Crippen LogP contribution in [0.2, 0.25) is 0 Å². The molecule has 150 valence electrons. The van der Waals surface area contributed by atoms with E-state index in [2.05, 4.69) is 26.2 Å². The van der Waals surface area contributed by atoms with Crippen molar-refractivity contribution >= 4 is 23.6 Å². The van der Waals surface area contributed by atoms with E-state index in [-0.39, 0.29) is 17.9 Å². The zero-order valence-electron chi connectivity index (χ0n) is 16.4. The van der Waals surface area contributed by atoms with Gasteiger partial charge in [0.15, 0.2) is 5.65 Å². The Balaban J connectivity index is 1.26. The molecule has 30 heavy (non-hydrogen) atoms. The predicted molar refractivity (Wildman–Crippen MR) is 112 cm³/mol. The quantitative estimate of drug-likeness (QED) is 0.676. The van der Waals surface area contributed by atoms with E-state index < -0.39 is 0 Å². The number of aromatic nitrogens is 3. The number of nitrogens with zero attached hydrogens (tertiary/aromatic N) is 7. The van der Waals surface area contributed by atoms with Crippen molar-refractivity contribution in [3.63, 3.8) is 0 Å². The summed E-state index contributed by atoms with van der Waals surface area (Å²) in [5.74, 6) is 0.903.